The number of hydrogen-bond acceptors (Lipinski definition) is 5. The number of benzene rings is 5. The van der Waals surface area contributed by atoms with Gasteiger partial charge in [0.15, 0.2) is 0 Å². The largest absolute Gasteiger partial charge is 0.497 e. The third-order valence-corrected chi connectivity index (χ3v) is 7.32. The monoisotopic (exact) mass is 572 g/mol. The molecule has 5 nitrogen and oxygen atoms in total. The molecule has 0 aliphatic rings. The normalized spacial score (nSPS) is 11.5. The fourth-order valence-corrected chi connectivity index (χ4v) is 5.11. The highest BCUT2D eigenvalue weighted by Gasteiger charge is 2.34. The van der Waals surface area contributed by atoms with Crippen molar-refractivity contribution in [2.24, 2.45) is 0 Å². The van der Waals surface area contributed by atoms with E-state index in [1.165, 1.54) is 0 Å². The molecule has 0 aromatic heterocycles. The zero-order valence-corrected chi connectivity index (χ0v) is 24.5. The second kappa shape index (κ2) is 14.7. The Morgan fingerprint density at radius 1 is 0.558 bits per heavy atom. The molecule has 0 radical (unpaired) electrons. The van der Waals surface area contributed by atoms with E-state index in [2.05, 4.69) is 0 Å². The van der Waals surface area contributed by atoms with Crippen molar-refractivity contribution in [3.05, 3.63) is 161 Å². The van der Waals surface area contributed by atoms with Crippen LogP contribution in [0.4, 0.5) is 0 Å². The van der Waals surface area contributed by atoms with E-state index in [-0.39, 0.29) is 18.5 Å². The first kappa shape index (κ1) is 29.5. The summed E-state index contributed by atoms with van der Waals surface area (Å²) < 4.78 is 23.1. The van der Waals surface area contributed by atoms with Crippen molar-refractivity contribution in [1.29, 1.82) is 0 Å². The molecule has 0 bridgehead atoms. The zero-order valence-electron chi connectivity index (χ0n) is 24.5. The summed E-state index contributed by atoms with van der Waals surface area (Å²) in [5.74, 6) is 1.05. The highest BCUT2D eigenvalue weighted by Crippen LogP contribution is 2.41. The van der Waals surface area contributed by atoms with Gasteiger partial charge < -0.3 is 18.9 Å². The van der Waals surface area contributed by atoms with Gasteiger partial charge in [-0.05, 0) is 71.1 Å². The lowest BCUT2D eigenvalue weighted by molar-refractivity contribution is -0.145. The standard InChI is InChI=1S/C38H36O5/c1-3-41-38(39)37(32-14-20-33(40-2)21-15-32)36(30-16-22-34(23-17-30)42-26-28-10-6-4-7-11-28)31-18-24-35(25-19-31)43-27-29-12-8-5-9-13-29/h4-25,36-37H,3,26-27H2,1-2H3. The first-order valence-electron chi connectivity index (χ1n) is 14.5. The minimum Gasteiger partial charge on any atom is -0.497 e. The van der Waals surface area contributed by atoms with Gasteiger partial charge in [-0.25, -0.2) is 0 Å². The average molecular weight is 573 g/mol. The van der Waals surface area contributed by atoms with E-state index < -0.39 is 5.92 Å². The molecule has 5 aromatic rings. The number of rotatable bonds is 13. The fraction of sp³-hybridized carbons (Fsp3) is 0.184. The molecule has 0 spiro atoms. The third-order valence-electron chi connectivity index (χ3n) is 7.32. The van der Waals surface area contributed by atoms with Crippen LogP contribution >= 0.6 is 0 Å². The van der Waals surface area contributed by atoms with Gasteiger partial charge in [0.25, 0.3) is 0 Å². The van der Waals surface area contributed by atoms with Crippen LogP contribution in [0.1, 0.15) is 46.6 Å². The second-order valence-corrected chi connectivity index (χ2v) is 10.2. The maximum atomic E-state index is 13.6. The Morgan fingerprint density at radius 3 is 1.40 bits per heavy atom. The first-order chi connectivity index (χ1) is 21.1. The van der Waals surface area contributed by atoms with Gasteiger partial charge in [0.1, 0.15) is 30.5 Å². The molecule has 0 fully saturated rings. The van der Waals surface area contributed by atoms with Crippen LogP contribution in [0.3, 0.4) is 0 Å². The zero-order chi connectivity index (χ0) is 29.9. The fourth-order valence-electron chi connectivity index (χ4n) is 5.11. The van der Waals surface area contributed by atoms with E-state index in [4.69, 9.17) is 18.9 Å². The van der Waals surface area contributed by atoms with Crippen LogP contribution in [0, 0.1) is 0 Å². The summed E-state index contributed by atoms with van der Waals surface area (Å²) in [6.45, 7) is 3.07. The molecule has 1 unspecified atom stereocenters. The van der Waals surface area contributed by atoms with Crippen LogP contribution in [-0.2, 0) is 22.7 Å². The van der Waals surface area contributed by atoms with E-state index in [1.807, 2.05) is 140 Å². The van der Waals surface area contributed by atoms with Gasteiger partial charge in [-0.3, -0.25) is 4.79 Å². The van der Waals surface area contributed by atoms with Gasteiger partial charge in [-0.2, -0.15) is 0 Å². The summed E-state index contributed by atoms with van der Waals surface area (Å²) >= 11 is 0. The van der Waals surface area contributed by atoms with Crippen molar-refractivity contribution < 1.29 is 23.7 Å². The van der Waals surface area contributed by atoms with Crippen LogP contribution in [0.2, 0.25) is 0 Å². The molecule has 0 saturated carbocycles. The van der Waals surface area contributed by atoms with E-state index >= 15 is 0 Å². The van der Waals surface area contributed by atoms with E-state index in [0.717, 1.165) is 45.1 Å². The number of carbonyl (C=O) groups is 1. The van der Waals surface area contributed by atoms with Crippen molar-refractivity contribution in [2.45, 2.75) is 32.0 Å². The first-order valence-corrected chi connectivity index (χ1v) is 14.5. The molecule has 5 heteroatoms. The quantitative estimate of drug-likeness (QED) is 0.133. The predicted octanol–water partition coefficient (Wildman–Crippen LogP) is 8.33. The molecule has 43 heavy (non-hydrogen) atoms. The summed E-state index contributed by atoms with van der Waals surface area (Å²) in [6.07, 6.45) is 0. The van der Waals surface area contributed by atoms with Gasteiger partial charge >= 0.3 is 5.97 Å². The van der Waals surface area contributed by atoms with Crippen molar-refractivity contribution in [2.75, 3.05) is 13.7 Å². The summed E-state index contributed by atoms with van der Waals surface area (Å²) in [5, 5.41) is 0. The number of esters is 1. The Morgan fingerprint density at radius 2 is 0.977 bits per heavy atom. The van der Waals surface area contributed by atoms with Gasteiger partial charge in [0.05, 0.1) is 19.6 Å². The van der Waals surface area contributed by atoms with Crippen LogP contribution in [0.15, 0.2) is 133 Å². The maximum absolute atomic E-state index is 13.6. The Bertz CT molecular complexity index is 1460. The van der Waals surface area contributed by atoms with Crippen LogP contribution in [0.25, 0.3) is 0 Å². The molecule has 1 atom stereocenters. The number of methoxy groups -OCH3 is 1. The predicted molar refractivity (Wildman–Crippen MR) is 169 cm³/mol. The molecular weight excluding hydrogens is 536 g/mol. The number of carbonyl (C=O) groups excluding carboxylic acids is 1. The summed E-state index contributed by atoms with van der Waals surface area (Å²) in [4.78, 5) is 13.6. The lowest BCUT2D eigenvalue weighted by Crippen LogP contribution is -2.24. The molecular formula is C38H36O5. The van der Waals surface area contributed by atoms with Crippen molar-refractivity contribution in [1.82, 2.24) is 0 Å². The summed E-state index contributed by atoms with van der Waals surface area (Å²) in [5.41, 5.74) is 4.98. The molecule has 0 heterocycles. The van der Waals surface area contributed by atoms with Gasteiger partial charge in [-0.15, -0.1) is 0 Å². The molecule has 0 N–H and O–H groups in total. The molecule has 218 valence electrons. The highest BCUT2D eigenvalue weighted by atomic mass is 16.5. The van der Waals surface area contributed by atoms with Crippen molar-refractivity contribution >= 4 is 5.97 Å². The molecule has 0 amide bonds. The number of ether oxygens (including phenoxy) is 4. The smallest absolute Gasteiger partial charge is 0.314 e. The Balaban J connectivity index is 1.46. The Labute approximate surface area is 253 Å². The van der Waals surface area contributed by atoms with Gasteiger partial charge in [-0.1, -0.05) is 97.1 Å². The Kier molecular flexibility index (Phi) is 10.1. The lowest BCUT2D eigenvalue weighted by Gasteiger charge is -2.27. The SMILES string of the molecule is CCOC(=O)C(c1ccc(OC)cc1)C(c1ccc(OCc2ccccc2)cc1)c1ccc(OCc2ccccc2)cc1. The Hall–Kier alpha value is -5.03. The molecule has 5 rings (SSSR count). The number of hydrogen-bond donors (Lipinski definition) is 0. The highest BCUT2D eigenvalue weighted by molar-refractivity contribution is 5.80. The third kappa shape index (κ3) is 7.83. The molecule has 5 aromatic carbocycles. The van der Waals surface area contributed by atoms with Crippen LogP contribution in [-0.4, -0.2) is 19.7 Å². The molecule has 0 aliphatic carbocycles. The van der Waals surface area contributed by atoms with Crippen LogP contribution < -0.4 is 14.2 Å². The average Bonchev–Trinajstić information content (AvgIpc) is 3.07. The van der Waals surface area contributed by atoms with Gasteiger partial charge in [0.2, 0.25) is 0 Å². The molecule has 0 aliphatic heterocycles. The van der Waals surface area contributed by atoms with Crippen molar-refractivity contribution in [3.8, 4) is 17.2 Å². The van der Waals surface area contributed by atoms with E-state index in [0.29, 0.717) is 13.2 Å². The molecule has 0 saturated heterocycles. The lowest BCUT2D eigenvalue weighted by atomic mass is 9.77. The topological polar surface area (TPSA) is 54.0 Å². The minimum atomic E-state index is -0.585. The summed E-state index contributed by atoms with van der Waals surface area (Å²) in [7, 11) is 1.63. The van der Waals surface area contributed by atoms with E-state index in [1.54, 1.807) is 7.11 Å². The van der Waals surface area contributed by atoms with Gasteiger partial charge in [0, 0.05) is 5.92 Å². The van der Waals surface area contributed by atoms with E-state index in [9.17, 15) is 4.79 Å². The van der Waals surface area contributed by atoms with Crippen molar-refractivity contribution in [3.63, 3.8) is 0 Å². The minimum absolute atomic E-state index is 0.286. The summed E-state index contributed by atoms with van der Waals surface area (Å²) in [6, 6.07) is 43.7. The maximum Gasteiger partial charge on any atom is 0.314 e. The van der Waals surface area contributed by atoms with Crippen LogP contribution in [0.5, 0.6) is 17.2 Å². The second-order valence-electron chi connectivity index (χ2n) is 10.2.